The van der Waals surface area contributed by atoms with E-state index in [-0.39, 0.29) is 11.8 Å². The second kappa shape index (κ2) is 6.33. The molecule has 1 saturated heterocycles. The summed E-state index contributed by atoms with van der Waals surface area (Å²) in [6, 6.07) is 0. The van der Waals surface area contributed by atoms with Crippen LogP contribution in [0.1, 0.15) is 33.1 Å². The highest BCUT2D eigenvalue weighted by molar-refractivity contribution is 7.99. The van der Waals surface area contributed by atoms with E-state index in [1.165, 1.54) is 0 Å². The Kier molecular flexibility index (Phi) is 5.38. The fourth-order valence-electron chi connectivity index (χ4n) is 1.71. The van der Waals surface area contributed by atoms with Crippen LogP contribution in [0.15, 0.2) is 0 Å². The lowest BCUT2D eigenvalue weighted by Crippen LogP contribution is -2.34. The monoisotopic (exact) mass is 215 g/mol. The highest BCUT2D eigenvalue weighted by Gasteiger charge is 2.22. The molecule has 0 spiro atoms. The molecule has 1 N–H and O–H groups in total. The van der Waals surface area contributed by atoms with E-state index in [2.05, 4.69) is 19.2 Å². The van der Waals surface area contributed by atoms with Crippen molar-refractivity contribution in [1.29, 1.82) is 0 Å². The Morgan fingerprint density at radius 1 is 1.50 bits per heavy atom. The molecule has 3 heteroatoms. The molecule has 1 amide bonds. The molecule has 0 aromatic heterocycles. The Morgan fingerprint density at radius 2 is 2.21 bits per heavy atom. The van der Waals surface area contributed by atoms with Gasteiger partial charge < -0.3 is 5.32 Å². The summed E-state index contributed by atoms with van der Waals surface area (Å²) in [5.41, 5.74) is 0. The van der Waals surface area contributed by atoms with Crippen LogP contribution in [0.25, 0.3) is 0 Å². The van der Waals surface area contributed by atoms with Gasteiger partial charge in [0.05, 0.1) is 0 Å². The number of nitrogens with one attached hydrogen (secondary N) is 1. The molecule has 82 valence electrons. The molecule has 0 aromatic carbocycles. The Bertz CT molecular complexity index is 174. The van der Waals surface area contributed by atoms with Crippen molar-refractivity contribution in [2.45, 2.75) is 33.1 Å². The van der Waals surface area contributed by atoms with Crippen LogP contribution in [0.4, 0.5) is 0 Å². The fraction of sp³-hybridized carbons (Fsp3) is 0.909. The lowest BCUT2D eigenvalue weighted by atomic mass is 10.0. The van der Waals surface area contributed by atoms with E-state index in [4.69, 9.17) is 0 Å². The maximum Gasteiger partial charge on any atom is 0.223 e. The number of hydrogen-bond acceptors (Lipinski definition) is 2. The first-order valence-corrected chi connectivity index (χ1v) is 6.78. The third-order valence-electron chi connectivity index (χ3n) is 3.02. The number of amides is 1. The van der Waals surface area contributed by atoms with Crippen molar-refractivity contribution < 1.29 is 4.79 Å². The lowest BCUT2D eigenvalue weighted by Gasteiger charge is -2.15. The van der Waals surface area contributed by atoms with Gasteiger partial charge in [0.15, 0.2) is 0 Å². The van der Waals surface area contributed by atoms with Crippen molar-refractivity contribution in [3.05, 3.63) is 0 Å². The molecule has 1 rings (SSSR count). The van der Waals surface area contributed by atoms with Gasteiger partial charge in [0.25, 0.3) is 0 Å². The minimum Gasteiger partial charge on any atom is -0.356 e. The van der Waals surface area contributed by atoms with E-state index in [0.717, 1.165) is 37.3 Å². The molecule has 0 aliphatic carbocycles. The van der Waals surface area contributed by atoms with Gasteiger partial charge in [-0.15, -0.1) is 0 Å². The van der Waals surface area contributed by atoms with Gasteiger partial charge in [0.1, 0.15) is 0 Å². The van der Waals surface area contributed by atoms with Crippen LogP contribution in [-0.4, -0.2) is 24.0 Å². The largest absolute Gasteiger partial charge is 0.356 e. The lowest BCUT2D eigenvalue weighted by molar-refractivity contribution is -0.124. The van der Waals surface area contributed by atoms with E-state index in [1.807, 2.05) is 11.8 Å². The molecule has 0 radical (unpaired) electrons. The maximum absolute atomic E-state index is 11.7. The van der Waals surface area contributed by atoms with Crippen LogP contribution in [0, 0.1) is 11.8 Å². The summed E-state index contributed by atoms with van der Waals surface area (Å²) >= 11 is 1.90. The minimum absolute atomic E-state index is 0.280. The molecular formula is C11H21NOS. The van der Waals surface area contributed by atoms with E-state index in [1.54, 1.807) is 0 Å². The van der Waals surface area contributed by atoms with Crippen LogP contribution < -0.4 is 5.32 Å². The normalized spacial score (nSPS) is 21.5. The van der Waals surface area contributed by atoms with Crippen LogP contribution in [0.5, 0.6) is 0 Å². The molecule has 0 aromatic rings. The summed E-state index contributed by atoms with van der Waals surface area (Å²) in [7, 11) is 0. The number of hydrogen-bond donors (Lipinski definition) is 1. The quantitative estimate of drug-likeness (QED) is 0.762. The van der Waals surface area contributed by atoms with Crippen molar-refractivity contribution in [3.8, 4) is 0 Å². The van der Waals surface area contributed by atoms with Gasteiger partial charge in [-0.25, -0.2) is 0 Å². The zero-order chi connectivity index (χ0) is 10.4. The number of carbonyl (C=O) groups is 1. The summed E-state index contributed by atoms with van der Waals surface area (Å²) in [5, 5.41) is 3.07. The fourth-order valence-corrected chi connectivity index (χ4v) is 2.93. The van der Waals surface area contributed by atoms with Gasteiger partial charge in [0, 0.05) is 18.2 Å². The number of carbonyl (C=O) groups excluding carboxylic acids is 1. The first-order chi connectivity index (χ1) is 6.77. The second-order valence-corrected chi connectivity index (χ2v) is 5.14. The summed E-state index contributed by atoms with van der Waals surface area (Å²) in [6.07, 6.45) is 3.39. The van der Waals surface area contributed by atoms with Crippen LogP contribution >= 0.6 is 11.8 Å². The predicted molar refractivity (Wildman–Crippen MR) is 62.5 cm³/mol. The Morgan fingerprint density at radius 3 is 2.71 bits per heavy atom. The minimum atomic E-state index is 0.280. The van der Waals surface area contributed by atoms with Crippen LogP contribution in [0.3, 0.4) is 0 Å². The van der Waals surface area contributed by atoms with E-state index < -0.39 is 0 Å². The van der Waals surface area contributed by atoms with Crippen LogP contribution in [0.2, 0.25) is 0 Å². The SMILES string of the molecule is CCC(CC)CNC(=O)C1CCSC1. The number of rotatable bonds is 5. The van der Waals surface area contributed by atoms with Gasteiger partial charge in [-0.1, -0.05) is 26.7 Å². The molecule has 1 fully saturated rings. The third kappa shape index (κ3) is 3.52. The zero-order valence-electron chi connectivity index (χ0n) is 9.21. The molecule has 1 aliphatic rings. The zero-order valence-corrected chi connectivity index (χ0v) is 10.0. The van der Waals surface area contributed by atoms with Crippen LogP contribution in [-0.2, 0) is 4.79 Å². The molecule has 2 nitrogen and oxygen atoms in total. The third-order valence-corrected chi connectivity index (χ3v) is 4.18. The van der Waals surface area contributed by atoms with Crippen molar-refractivity contribution >= 4 is 17.7 Å². The highest BCUT2D eigenvalue weighted by atomic mass is 32.2. The van der Waals surface area contributed by atoms with E-state index in [9.17, 15) is 4.79 Å². The molecule has 1 atom stereocenters. The van der Waals surface area contributed by atoms with Crippen molar-refractivity contribution in [2.24, 2.45) is 11.8 Å². The van der Waals surface area contributed by atoms with Gasteiger partial charge >= 0.3 is 0 Å². The van der Waals surface area contributed by atoms with E-state index >= 15 is 0 Å². The van der Waals surface area contributed by atoms with Crippen molar-refractivity contribution in [2.75, 3.05) is 18.1 Å². The summed E-state index contributed by atoms with van der Waals surface area (Å²) in [6.45, 7) is 5.24. The maximum atomic E-state index is 11.7. The number of thioether (sulfide) groups is 1. The standard InChI is InChI=1S/C11H21NOS/c1-3-9(4-2)7-12-11(13)10-5-6-14-8-10/h9-10H,3-8H2,1-2H3,(H,12,13). The predicted octanol–water partition coefficient (Wildman–Crippen LogP) is 2.29. The Balaban J connectivity index is 2.19. The molecule has 14 heavy (non-hydrogen) atoms. The molecular weight excluding hydrogens is 194 g/mol. The molecule has 1 heterocycles. The van der Waals surface area contributed by atoms with Crippen molar-refractivity contribution in [3.63, 3.8) is 0 Å². The smallest absolute Gasteiger partial charge is 0.223 e. The van der Waals surface area contributed by atoms with Gasteiger partial charge in [-0.05, 0) is 18.1 Å². The van der Waals surface area contributed by atoms with Gasteiger partial charge in [-0.3, -0.25) is 4.79 Å². The summed E-state index contributed by atoms with van der Waals surface area (Å²) in [4.78, 5) is 11.7. The first kappa shape index (κ1) is 11.9. The molecule has 1 unspecified atom stereocenters. The summed E-state index contributed by atoms with van der Waals surface area (Å²) in [5.74, 6) is 3.40. The topological polar surface area (TPSA) is 29.1 Å². The Hall–Kier alpha value is -0.180. The van der Waals surface area contributed by atoms with Gasteiger partial charge in [0.2, 0.25) is 5.91 Å². The van der Waals surface area contributed by atoms with E-state index in [0.29, 0.717) is 5.92 Å². The summed E-state index contributed by atoms with van der Waals surface area (Å²) < 4.78 is 0. The Labute approximate surface area is 91.2 Å². The molecule has 0 bridgehead atoms. The second-order valence-electron chi connectivity index (χ2n) is 3.99. The highest BCUT2D eigenvalue weighted by Crippen LogP contribution is 2.23. The van der Waals surface area contributed by atoms with Gasteiger partial charge in [-0.2, -0.15) is 11.8 Å². The first-order valence-electron chi connectivity index (χ1n) is 5.63. The molecule has 1 aliphatic heterocycles. The average molecular weight is 215 g/mol. The van der Waals surface area contributed by atoms with Crippen molar-refractivity contribution in [1.82, 2.24) is 5.32 Å². The molecule has 0 saturated carbocycles. The average Bonchev–Trinajstić information content (AvgIpc) is 2.72.